The highest BCUT2D eigenvalue weighted by Crippen LogP contribution is 2.45. The van der Waals surface area contributed by atoms with Gasteiger partial charge in [-0.05, 0) is 66.0 Å². The molecule has 8 nitrogen and oxygen atoms in total. The van der Waals surface area contributed by atoms with E-state index in [1.54, 1.807) is 18.2 Å². The number of likely N-dealkylation sites (tertiary alicyclic amines) is 1. The number of benzene rings is 1. The summed E-state index contributed by atoms with van der Waals surface area (Å²) in [5.74, 6) is -1.40. The zero-order valence-corrected chi connectivity index (χ0v) is 29.0. The number of hydrogen-bond donors (Lipinski definition) is 2. The van der Waals surface area contributed by atoms with E-state index >= 15 is 0 Å². The van der Waals surface area contributed by atoms with Crippen molar-refractivity contribution in [3.8, 4) is 0 Å². The number of carbonyl (C=O) groups is 3. The van der Waals surface area contributed by atoms with Gasteiger partial charge in [0.05, 0.1) is 17.8 Å². The molecule has 3 aliphatic rings. The van der Waals surface area contributed by atoms with Crippen molar-refractivity contribution in [2.45, 2.75) is 97.1 Å². The normalized spacial score (nSPS) is 23.2. The molecule has 1 aromatic carbocycles. The van der Waals surface area contributed by atoms with Crippen molar-refractivity contribution in [3.05, 3.63) is 58.1 Å². The fourth-order valence-corrected chi connectivity index (χ4v) is 6.86. The Morgan fingerprint density at radius 1 is 1.09 bits per heavy atom. The van der Waals surface area contributed by atoms with E-state index in [-0.39, 0.29) is 41.7 Å². The van der Waals surface area contributed by atoms with Gasteiger partial charge in [0, 0.05) is 43.1 Å². The maximum atomic E-state index is 14.6. The molecule has 45 heavy (non-hydrogen) atoms. The van der Waals surface area contributed by atoms with Crippen molar-refractivity contribution in [1.82, 2.24) is 15.1 Å². The molecular weight excluding hydrogens is 611 g/mol. The third-order valence-electron chi connectivity index (χ3n) is 8.70. The SMILES string of the molecule is CC(C)(C)CCC(c1ccc(C(=O)NCCC(=O)O)cc1)N1C(=O)C(C2=CC(Cl)C=C(Cl)C2)=NC12CCN(CCC(C)(C)C)C2. The molecule has 0 radical (unpaired) electrons. The fraction of sp³-hybridized carbons (Fsp3) is 0.600. The molecular formula is C35H48Cl2N4O4. The number of alkyl halides is 1. The van der Waals surface area contributed by atoms with Crippen molar-refractivity contribution in [3.63, 3.8) is 0 Å². The van der Waals surface area contributed by atoms with Crippen LogP contribution in [0, 0.1) is 10.8 Å². The number of allylic oxidation sites excluding steroid dienone is 3. The second-order valence-corrected chi connectivity index (χ2v) is 16.0. The lowest BCUT2D eigenvalue weighted by Crippen LogP contribution is -2.50. The van der Waals surface area contributed by atoms with E-state index < -0.39 is 17.0 Å². The van der Waals surface area contributed by atoms with Gasteiger partial charge in [-0.2, -0.15) is 0 Å². The number of amides is 2. The van der Waals surface area contributed by atoms with E-state index in [0.717, 1.165) is 49.9 Å². The number of rotatable bonds is 11. The van der Waals surface area contributed by atoms with Crippen molar-refractivity contribution in [2.24, 2.45) is 15.8 Å². The molecule has 1 spiro atoms. The molecule has 2 N–H and O–H groups in total. The van der Waals surface area contributed by atoms with E-state index in [1.165, 1.54) is 0 Å². The van der Waals surface area contributed by atoms with E-state index in [1.807, 2.05) is 23.1 Å². The summed E-state index contributed by atoms with van der Waals surface area (Å²) < 4.78 is 0. The summed E-state index contributed by atoms with van der Waals surface area (Å²) in [4.78, 5) is 47.9. The Bertz CT molecular complexity index is 1370. The number of hydrogen-bond acceptors (Lipinski definition) is 5. The van der Waals surface area contributed by atoms with Crippen LogP contribution in [0.5, 0.6) is 0 Å². The summed E-state index contributed by atoms with van der Waals surface area (Å²) in [7, 11) is 0. The number of aliphatic imine (C=N–C) groups is 1. The van der Waals surface area contributed by atoms with Gasteiger partial charge in [0.2, 0.25) is 0 Å². The van der Waals surface area contributed by atoms with Crippen LogP contribution >= 0.6 is 23.2 Å². The third kappa shape index (κ3) is 9.20. The maximum absolute atomic E-state index is 14.6. The average molecular weight is 660 g/mol. The number of halogens is 2. The molecule has 2 amide bonds. The Hall–Kier alpha value is -2.68. The van der Waals surface area contributed by atoms with Gasteiger partial charge in [-0.3, -0.25) is 19.3 Å². The molecule has 0 bridgehead atoms. The lowest BCUT2D eigenvalue weighted by molar-refractivity contribution is -0.137. The number of carbonyl (C=O) groups excluding carboxylic acids is 2. The topological polar surface area (TPSA) is 102 Å². The van der Waals surface area contributed by atoms with E-state index in [2.05, 4.69) is 51.8 Å². The molecule has 2 heterocycles. The fourth-order valence-electron chi connectivity index (χ4n) is 6.21. The molecule has 10 heteroatoms. The van der Waals surface area contributed by atoms with Gasteiger partial charge in [0.15, 0.2) is 0 Å². The number of nitrogens with one attached hydrogen (secondary N) is 1. The first kappa shape index (κ1) is 35.2. The van der Waals surface area contributed by atoms with Gasteiger partial charge in [-0.1, -0.05) is 71.4 Å². The summed E-state index contributed by atoms with van der Waals surface area (Å²) in [6.45, 7) is 15.8. The highest BCUT2D eigenvalue weighted by molar-refractivity contribution is 6.47. The molecule has 1 aromatic rings. The maximum Gasteiger partial charge on any atom is 0.305 e. The zero-order chi connectivity index (χ0) is 33.2. The number of nitrogens with zero attached hydrogens (tertiary/aromatic N) is 3. The van der Waals surface area contributed by atoms with Crippen LogP contribution in [-0.4, -0.2) is 75.6 Å². The van der Waals surface area contributed by atoms with Crippen LogP contribution < -0.4 is 5.32 Å². The lowest BCUT2D eigenvalue weighted by Gasteiger charge is -2.40. The summed E-state index contributed by atoms with van der Waals surface area (Å²) >= 11 is 12.9. The van der Waals surface area contributed by atoms with Gasteiger partial charge in [0.1, 0.15) is 11.4 Å². The Morgan fingerprint density at radius 2 is 1.76 bits per heavy atom. The van der Waals surface area contributed by atoms with Crippen LogP contribution in [0.2, 0.25) is 0 Å². The summed E-state index contributed by atoms with van der Waals surface area (Å²) in [5, 5.41) is 11.8. The predicted molar refractivity (Wildman–Crippen MR) is 181 cm³/mol. The summed E-state index contributed by atoms with van der Waals surface area (Å²) in [6.07, 6.45) is 7.31. The van der Waals surface area contributed by atoms with Gasteiger partial charge >= 0.3 is 5.97 Å². The van der Waals surface area contributed by atoms with Gasteiger partial charge in [-0.25, -0.2) is 4.99 Å². The van der Waals surface area contributed by atoms with Crippen LogP contribution in [-0.2, 0) is 9.59 Å². The van der Waals surface area contributed by atoms with Crippen molar-refractivity contribution < 1.29 is 19.5 Å². The molecule has 3 unspecified atom stereocenters. The minimum atomic E-state index is -0.967. The standard InChI is InChI=1S/C35H48Cl2N4O4/c1-33(2,3)13-11-28(23-7-9-24(10-8-23)31(44)38-16-12-29(42)43)41-32(45)30(25-19-26(36)21-27(37)20-25)39-35(41)15-18-40(22-35)17-14-34(4,5)6/h7-10,19,21,26,28H,11-18,20,22H2,1-6H3,(H,38,44)(H,42,43). The van der Waals surface area contributed by atoms with Crippen LogP contribution in [0.4, 0.5) is 0 Å². The van der Waals surface area contributed by atoms with E-state index in [9.17, 15) is 14.4 Å². The van der Waals surface area contributed by atoms with E-state index in [0.29, 0.717) is 29.3 Å². The Morgan fingerprint density at radius 3 is 2.36 bits per heavy atom. The predicted octanol–water partition coefficient (Wildman–Crippen LogP) is 6.94. The van der Waals surface area contributed by atoms with Crippen molar-refractivity contribution >= 4 is 46.7 Å². The molecule has 1 aliphatic carbocycles. The van der Waals surface area contributed by atoms with Gasteiger partial charge in [0.25, 0.3) is 11.8 Å². The molecule has 4 rings (SSSR count). The Balaban J connectivity index is 1.70. The highest BCUT2D eigenvalue weighted by atomic mass is 35.5. The second-order valence-electron chi connectivity index (χ2n) is 15.0. The summed E-state index contributed by atoms with van der Waals surface area (Å²) in [6, 6.07) is 7.06. The monoisotopic (exact) mass is 658 g/mol. The zero-order valence-electron chi connectivity index (χ0n) is 27.5. The third-order valence-corrected chi connectivity index (χ3v) is 9.21. The van der Waals surface area contributed by atoms with Crippen LogP contribution in [0.3, 0.4) is 0 Å². The molecule has 0 saturated carbocycles. The molecule has 246 valence electrons. The van der Waals surface area contributed by atoms with Crippen LogP contribution in [0.25, 0.3) is 0 Å². The van der Waals surface area contributed by atoms with E-state index in [4.69, 9.17) is 33.3 Å². The minimum Gasteiger partial charge on any atom is -0.481 e. The quantitative estimate of drug-likeness (QED) is 0.251. The molecule has 3 atom stereocenters. The Labute approximate surface area is 277 Å². The van der Waals surface area contributed by atoms with Gasteiger partial charge < -0.3 is 15.3 Å². The Kier molecular flexibility index (Phi) is 10.9. The molecule has 2 aliphatic heterocycles. The van der Waals surface area contributed by atoms with Crippen molar-refractivity contribution in [2.75, 3.05) is 26.2 Å². The highest BCUT2D eigenvalue weighted by Gasteiger charge is 2.54. The number of carboxylic acids is 1. The first-order valence-corrected chi connectivity index (χ1v) is 16.7. The lowest BCUT2D eigenvalue weighted by atomic mass is 9.85. The summed E-state index contributed by atoms with van der Waals surface area (Å²) in [5.41, 5.74) is 2.09. The van der Waals surface area contributed by atoms with Crippen LogP contribution in [0.1, 0.15) is 102 Å². The largest absolute Gasteiger partial charge is 0.481 e. The molecule has 0 aromatic heterocycles. The van der Waals surface area contributed by atoms with Crippen LogP contribution in [0.15, 0.2) is 52.0 Å². The minimum absolute atomic E-state index is 0.0340. The number of carboxylic acid groups (broad SMARTS) is 1. The average Bonchev–Trinajstić information content (AvgIpc) is 3.46. The van der Waals surface area contributed by atoms with Crippen molar-refractivity contribution in [1.29, 1.82) is 0 Å². The van der Waals surface area contributed by atoms with Gasteiger partial charge in [-0.15, -0.1) is 11.6 Å². The smallest absolute Gasteiger partial charge is 0.305 e. The first-order valence-electron chi connectivity index (χ1n) is 15.9. The second kappa shape index (κ2) is 14.0. The first-order chi connectivity index (χ1) is 21.0. The molecule has 1 saturated heterocycles. The number of aliphatic carboxylic acids is 1. The molecule has 1 fully saturated rings.